The molecule has 5 nitrogen and oxygen atoms in total. The van der Waals surface area contributed by atoms with Gasteiger partial charge in [-0.15, -0.1) is 11.3 Å². The zero-order valence-corrected chi connectivity index (χ0v) is 21.2. The number of hydrogen-bond donors (Lipinski definition) is 2. The second-order valence-corrected chi connectivity index (χ2v) is 11.8. The van der Waals surface area contributed by atoms with Gasteiger partial charge in [0.05, 0.1) is 16.8 Å². The molecular formula is C23H25BrClFN2O3S. The molecule has 0 aromatic heterocycles. The molecule has 0 aliphatic carbocycles. The van der Waals surface area contributed by atoms with E-state index in [1.807, 2.05) is 51.1 Å². The fourth-order valence-electron chi connectivity index (χ4n) is 4.08. The van der Waals surface area contributed by atoms with Gasteiger partial charge in [-0.3, -0.25) is 4.90 Å². The third-order valence-corrected chi connectivity index (χ3v) is 8.66. The minimum Gasteiger partial charge on any atom is -0.598 e. The molecule has 172 valence electrons. The van der Waals surface area contributed by atoms with Gasteiger partial charge >= 0.3 is 6.09 Å². The minimum atomic E-state index is -1.50. The van der Waals surface area contributed by atoms with E-state index in [4.69, 9.17) is 11.6 Å². The number of benzene rings is 2. The Morgan fingerprint density at radius 2 is 2.09 bits per heavy atom. The maximum Gasteiger partial charge on any atom is 0.412 e. The molecule has 2 aromatic rings. The fourth-order valence-corrected chi connectivity index (χ4v) is 5.68. The van der Waals surface area contributed by atoms with Crippen LogP contribution in [0.15, 0.2) is 53.5 Å². The Kier molecular flexibility index (Phi) is 7.32. The summed E-state index contributed by atoms with van der Waals surface area (Å²) in [6, 6.07) is 9.63. The van der Waals surface area contributed by atoms with Crippen LogP contribution in [0.3, 0.4) is 0 Å². The van der Waals surface area contributed by atoms with Gasteiger partial charge < -0.3 is 9.66 Å². The van der Waals surface area contributed by atoms with E-state index in [9.17, 15) is 18.8 Å². The van der Waals surface area contributed by atoms with E-state index in [2.05, 4.69) is 27.2 Å². The molecule has 1 heterocycles. The second kappa shape index (κ2) is 9.35. The lowest BCUT2D eigenvalue weighted by molar-refractivity contribution is 0.187. The van der Waals surface area contributed by atoms with E-state index >= 15 is 0 Å². The van der Waals surface area contributed by atoms with Crippen LogP contribution in [0.1, 0.15) is 38.3 Å². The zero-order chi connectivity index (χ0) is 23.8. The number of carboxylic acid groups (broad SMARTS) is 1. The number of nitrogens with zero attached hydrogens (tertiary/aromatic N) is 1. The topological polar surface area (TPSA) is 75.6 Å². The maximum atomic E-state index is 14.6. The van der Waals surface area contributed by atoms with Crippen LogP contribution in [0, 0.1) is 5.82 Å². The average molecular weight is 544 g/mol. The first-order valence-corrected chi connectivity index (χ1v) is 12.3. The van der Waals surface area contributed by atoms with Gasteiger partial charge in [0.1, 0.15) is 16.1 Å². The van der Waals surface area contributed by atoms with Gasteiger partial charge in [0, 0.05) is 22.3 Å². The van der Waals surface area contributed by atoms with Gasteiger partial charge in [0.2, 0.25) is 0 Å². The molecular weight excluding hydrogens is 519 g/mol. The number of rotatable bonds is 6. The smallest absolute Gasteiger partial charge is 0.412 e. The van der Waals surface area contributed by atoms with Crippen LogP contribution in [0.5, 0.6) is 0 Å². The minimum absolute atomic E-state index is 0.107. The summed E-state index contributed by atoms with van der Waals surface area (Å²) in [5.41, 5.74) is 0.240. The largest absolute Gasteiger partial charge is 0.598 e. The summed E-state index contributed by atoms with van der Waals surface area (Å²) < 4.78 is 30.6. The van der Waals surface area contributed by atoms with E-state index in [1.54, 1.807) is 6.08 Å². The van der Waals surface area contributed by atoms with Crippen molar-refractivity contribution in [3.8, 4) is 0 Å². The van der Waals surface area contributed by atoms with Crippen molar-refractivity contribution in [1.29, 1.82) is 0 Å². The van der Waals surface area contributed by atoms with Crippen LogP contribution in [0.25, 0.3) is 0 Å². The quantitative estimate of drug-likeness (QED) is 0.259. The summed E-state index contributed by atoms with van der Waals surface area (Å²) in [4.78, 5) is 13.8. The Morgan fingerprint density at radius 3 is 2.62 bits per heavy atom. The predicted molar refractivity (Wildman–Crippen MR) is 131 cm³/mol. The number of anilines is 1. The molecule has 0 radical (unpaired) electrons. The molecule has 2 N–H and O–H groups in total. The third-order valence-electron chi connectivity index (χ3n) is 5.58. The Morgan fingerprint density at radius 1 is 1.47 bits per heavy atom. The molecule has 3 atom stereocenters. The summed E-state index contributed by atoms with van der Waals surface area (Å²) in [5, 5.41) is 10.2. The first kappa shape index (κ1) is 25.1. The fraction of sp³-hybridized carbons (Fsp3) is 0.348. The monoisotopic (exact) mass is 542 g/mol. The van der Waals surface area contributed by atoms with Crippen molar-refractivity contribution < 1.29 is 18.8 Å². The summed E-state index contributed by atoms with van der Waals surface area (Å²) >= 11 is 8.00. The highest BCUT2D eigenvalue weighted by Gasteiger charge is 2.56. The number of hydrogen-bond acceptors (Lipinski definition) is 3. The first-order chi connectivity index (χ1) is 14.9. The van der Waals surface area contributed by atoms with Crippen LogP contribution >= 0.6 is 27.5 Å². The highest BCUT2D eigenvalue weighted by atomic mass is 79.9. The number of carbonyl (C=O) groups is 1. The van der Waals surface area contributed by atoms with Gasteiger partial charge in [0.25, 0.3) is 0 Å². The molecule has 32 heavy (non-hydrogen) atoms. The van der Waals surface area contributed by atoms with Crippen LogP contribution in [-0.2, 0) is 23.3 Å². The zero-order valence-electron chi connectivity index (χ0n) is 18.0. The molecule has 0 bridgehead atoms. The van der Waals surface area contributed by atoms with Crippen molar-refractivity contribution in [2.24, 2.45) is 0 Å². The molecule has 2 aromatic carbocycles. The summed E-state index contributed by atoms with van der Waals surface area (Å²) in [6.07, 6.45) is 0.932. The Balaban J connectivity index is 2.31. The molecule has 1 amide bonds. The van der Waals surface area contributed by atoms with Crippen molar-refractivity contribution in [2.45, 2.75) is 49.9 Å². The van der Waals surface area contributed by atoms with Crippen molar-refractivity contribution in [3.63, 3.8) is 0 Å². The van der Waals surface area contributed by atoms with E-state index in [0.29, 0.717) is 22.0 Å². The van der Waals surface area contributed by atoms with Gasteiger partial charge in [-0.1, -0.05) is 48.0 Å². The molecule has 9 heteroatoms. The lowest BCUT2D eigenvalue weighted by atomic mass is 9.78. The summed E-state index contributed by atoms with van der Waals surface area (Å²) in [7, 11) is 0. The van der Waals surface area contributed by atoms with Gasteiger partial charge in [-0.05, 0) is 60.3 Å². The van der Waals surface area contributed by atoms with Crippen LogP contribution in [-0.4, -0.2) is 26.5 Å². The number of halogens is 3. The maximum absolute atomic E-state index is 14.6. The second-order valence-electron chi connectivity index (χ2n) is 8.64. The molecule has 0 fully saturated rings. The SMILES string of the molecule is C=CC[C@H](N[S+]([O-])C(C)(C)C)[C@@]1(c2ccccc2)Cc2c(cc(F)c(Cl)c2Br)N1C(=O)O. The van der Waals surface area contributed by atoms with Crippen molar-refractivity contribution in [1.82, 2.24) is 4.72 Å². The van der Waals surface area contributed by atoms with Gasteiger partial charge in [-0.25, -0.2) is 9.18 Å². The van der Waals surface area contributed by atoms with Gasteiger partial charge in [-0.2, -0.15) is 0 Å². The third kappa shape index (κ3) is 4.31. The molecule has 1 unspecified atom stereocenters. The average Bonchev–Trinajstić information content (AvgIpc) is 3.08. The molecule has 0 spiro atoms. The number of nitrogens with one attached hydrogen (secondary N) is 1. The van der Waals surface area contributed by atoms with E-state index in [-0.39, 0.29) is 17.1 Å². The lowest BCUT2D eigenvalue weighted by Gasteiger charge is -2.44. The molecule has 1 aliphatic heterocycles. The summed E-state index contributed by atoms with van der Waals surface area (Å²) in [5.74, 6) is -0.723. The van der Waals surface area contributed by atoms with Crippen molar-refractivity contribution in [2.75, 3.05) is 4.90 Å². The number of fused-ring (bicyclic) bond motifs is 1. The highest BCUT2D eigenvalue weighted by molar-refractivity contribution is 9.10. The van der Waals surface area contributed by atoms with Crippen molar-refractivity contribution >= 4 is 50.7 Å². The standard InChI is InChI=1S/C23H25BrClFN2O3S/c1-5-9-18(27-32(31)22(2,3)4)23(14-10-7-6-8-11-14)13-15-17(28(23)21(29)30)12-16(26)20(25)19(15)24/h5-8,10-12,18,27H,1,9,13H2,2-4H3,(H,29,30)/t18-,23-,32?/m0/s1. The van der Waals surface area contributed by atoms with Crippen LogP contribution in [0.4, 0.5) is 14.9 Å². The molecule has 0 saturated carbocycles. The van der Waals surface area contributed by atoms with Crippen LogP contribution < -0.4 is 9.62 Å². The first-order valence-electron chi connectivity index (χ1n) is 9.99. The predicted octanol–water partition coefficient (Wildman–Crippen LogP) is 6.17. The summed E-state index contributed by atoms with van der Waals surface area (Å²) in [6.45, 7) is 9.34. The molecule has 3 rings (SSSR count). The number of amides is 1. The van der Waals surface area contributed by atoms with E-state index in [1.165, 1.54) is 4.90 Å². The Labute approximate surface area is 204 Å². The van der Waals surface area contributed by atoms with Gasteiger partial charge in [0.15, 0.2) is 0 Å². The Bertz CT molecular complexity index is 1030. The van der Waals surface area contributed by atoms with Crippen molar-refractivity contribution in [3.05, 3.63) is 75.5 Å². The molecule has 0 saturated heterocycles. The van der Waals surface area contributed by atoms with E-state index in [0.717, 1.165) is 6.07 Å². The Hall–Kier alpha value is -1.58. The van der Waals surface area contributed by atoms with Crippen LogP contribution in [0.2, 0.25) is 5.02 Å². The van der Waals surface area contributed by atoms with E-state index < -0.39 is 39.6 Å². The normalized spacial score (nSPS) is 20.0. The lowest BCUT2D eigenvalue weighted by Crippen LogP contribution is -2.62. The highest BCUT2D eigenvalue weighted by Crippen LogP contribution is 2.52. The molecule has 1 aliphatic rings.